The van der Waals surface area contributed by atoms with Gasteiger partial charge in [0.15, 0.2) is 0 Å². The van der Waals surface area contributed by atoms with Crippen LogP contribution >= 0.6 is 0 Å². The number of aryl methyl sites for hydroxylation is 2. The van der Waals surface area contributed by atoms with Crippen molar-refractivity contribution in [3.8, 4) is 0 Å². The molecule has 0 saturated heterocycles. The largest absolute Gasteiger partial charge is 0.301 e. The highest BCUT2D eigenvalue weighted by atomic mass is 14.9. The summed E-state index contributed by atoms with van der Waals surface area (Å²) in [4.78, 5) is 4.55. The minimum absolute atomic E-state index is 0.0939. The van der Waals surface area contributed by atoms with Gasteiger partial charge in [0.2, 0.25) is 0 Å². The number of nitrogens with zero attached hydrogens (tertiary/aromatic N) is 1. The summed E-state index contributed by atoms with van der Waals surface area (Å²) in [5.74, 6) is 0. The topological polar surface area (TPSA) is 24.9 Å². The lowest BCUT2D eigenvalue weighted by atomic mass is 10.00. The SMILES string of the molecule is Cc1cccc(C)c1CNC(c1ccccc1)c1ccccn1. The summed E-state index contributed by atoms with van der Waals surface area (Å²) >= 11 is 0. The van der Waals surface area contributed by atoms with E-state index in [4.69, 9.17) is 0 Å². The fourth-order valence-electron chi connectivity index (χ4n) is 2.92. The van der Waals surface area contributed by atoms with Crippen molar-refractivity contribution in [2.45, 2.75) is 26.4 Å². The Morgan fingerprint density at radius 2 is 1.52 bits per heavy atom. The van der Waals surface area contributed by atoms with Crippen LogP contribution in [0.2, 0.25) is 0 Å². The van der Waals surface area contributed by atoms with E-state index in [0.29, 0.717) is 0 Å². The van der Waals surface area contributed by atoms with E-state index in [-0.39, 0.29) is 6.04 Å². The molecule has 0 fully saturated rings. The molecule has 0 aliphatic rings. The molecule has 0 bridgehead atoms. The first kappa shape index (κ1) is 15.4. The molecule has 0 amide bonds. The maximum atomic E-state index is 4.55. The fraction of sp³-hybridized carbons (Fsp3) is 0.190. The summed E-state index contributed by atoms with van der Waals surface area (Å²) in [5.41, 5.74) is 6.29. The van der Waals surface area contributed by atoms with Gasteiger partial charge in [-0.3, -0.25) is 4.98 Å². The Morgan fingerprint density at radius 1 is 0.826 bits per heavy atom. The average molecular weight is 302 g/mol. The van der Waals surface area contributed by atoms with E-state index in [9.17, 15) is 0 Å². The lowest BCUT2D eigenvalue weighted by molar-refractivity contribution is 0.589. The van der Waals surface area contributed by atoms with Crippen molar-refractivity contribution in [2.24, 2.45) is 0 Å². The minimum atomic E-state index is 0.0939. The summed E-state index contributed by atoms with van der Waals surface area (Å²) in [7, 11) is 0. The van der Waals surface area contributed by atoms with E-state index >= 15 is 0 Å². The first-order chi connectivity index (χ1) is 11.3. The van der Waals surface area contributed by atoms with Crippen molar-refractivity contribution in [3.05, 3.63) is 101 Å². The van der Waals surface area contributed by atoms with Crippen molar-refractivity contribution in [1.29, 1.82) is 0 Å². The number of hydrogen-bond donors (Lipinski definition) is 1. The van der Waals surface area contributed by atoms with Gasteiger partial charge in [-0.25, -0.2) is 0 Å². The molecule has 23 heavy (non-hydrogen) atoms. The van der Waals surface area contributed by atoms with Crippen LogP contribution in [0.5, 0.6) is 0 Å². The number of benzene rings is 2. The zero-order chi connectivity index (χ0) is 16.1. The Hall–Kier alpha value is -2.45. The van der Waals surface area contributed by atoms with Crippen LogP contribution in [-0.2, 0) is 6.54 Å². The van der Waals surface area contributed by atoms with E-state index in [0.717, 1.165) is 12.2 Å². The third-order valence-corrected chi connectivity index (χ3v) is 4.24. The van der Waals surface area contributed by atoms with Crippen LogP contribution in [0.15, 0.2) is 72.9 Å². The van der Waals surface area contributed by atoms with Crippen LogP contribution in [0.4, 0.5) is 0 Å². The highest BCUT2D eigenvalue weighted by molar-refractivity contribution is 5.34. The molecule has 0 aliphatic heterocycles. The minimum Gasteiger partial charge on any atom is -0.301 e. The quantitative estimate of drug-likeness (QED) is 0.746. The Labute approximate surface area is 138 Å². The monoisotopic (exact) mass is 302 g/mol. The third kappa shape index (κ3) is 3.66. The molecule has 0 spiro atoms. The molecule has 2 nitrogen and oxygen atoms in total. The Balaban J connectivity index is 1.88. The first-order valence-electron chi connectivity index (χ1n) is 8.00. The highest BCUT2D eigenvalue weighted by Crippen LogP contribution is 2.22. The molecule has 116 valence electrons. The normalized spacial score (nSPS) is 12.1. The summed E-state index contributed by atoms with van der Waals surface area (Å²) in [6.45, 7) is 5.17. The standard InChI is InChI=1S/C21H22N2/c1-16-9-8-10-17(2)19(16)15-23-21(18-11-4-3-5-12-18)20-13-6-7-14-22-20/h3-14,21,23H,15H2,1-2H3. The van der Waals surface area contributed by atoms with Crippen LogP contribution in [0.3, 0.4) is 0 Å². The van der Waals surface area contributed by atoms with E-state index in [1.165, 1.54) is 22.3 Å². The lowest BCUT2D eigenvalue weighted by Gasteiger charge is -2.20. The maximum Gasteiger partial charge on any atom is 0.0754 e. The summed E-state index contributed by atoms with van der Waals surface area (Å²) < 4.78 is 0. The van der Waals surface area contributed by atoms with Crippen molar-refractivity contribution in [1.82, 2.24) is 10.3 Å². The van der Waals surface area contributed by atoms with Gasteiger partial charge in [-0.2, -0.15) is 0 Å². The fourth-order valence-corrected chi connectivity index (χ4v) is 2.92. The van der Waals surface area contributed by atoms with E-state index in [2.05, 4.69) is 72.7 Å². The second kappa shape index (κ2) is 7.21. The molecule has 1 aromatic heterocycles. The van der Waals surface area contributed by atoms with Gasteiger partial charge in [-0.05, 0) is 48.2 Å². The van der Waals surface area contributed by atoms with Gasteiger partial charge in [0.25, 0.3) is 0 Å². The molecule has 2 aromatic carbocycles. The smallest absolute Gasteiger partial charge is 0.0754 e. The molecule has 1 heterocycles. The van der Waals surface area contributed by atoms with Crippen molar-refractivity contribution >= 4 is 0 Å². The van der Waals surface area contributed by atoms with Gasteiger partial charge < -0.3 is 5.32 Å². The van der Waals surface area contributed by atoms with E-state index < -0.39 is 0 Å². The van der Waals surface area contributed by atoms with Gasteiger partial charge in [0, 0.05) is 12.7 Å². The Bertz CT molecular complexity index is 692. The van der Waals surface area contributed by atoms with Gasteiger partial charge >= 0.3 is 0 Å². The molecule has 2 heteroatoms. The lowest BCUT2D eigenvalue weighted by Crippen LogP contribution is -2.23. The molecular formula is C21H22N2. The molecule has 1 N–H and O–H groups in total. The predicted molar refractivity (Wildman–Crippen MR) is 95.3 cm³/mol. The van der Waals surface area contributed by atoms with Crippen LogP contribution in [0.25, 0.3) is 0 Å². The maximum absolute atomic E-state index is 4.55. The Kier molecular flexibility index (Phi) is 4.84. The number of aromatic nitrogens is 1. The molecule has 0 aliphatic carbocycles. The molecule has 1 unspecified atom stereocenters. The van der Waals surface area contributed by atoms with E-state index in [1.807, 2.05) is 24.4 Å². The Morgan fingerprint density at radius 3 is 2.17 bits per heavy atom. The summed E-state index contributed by atoms with van der Waals surface area (Å²) in [6.07, 6.45) is 1.85. The number of hydrogen-bond acceptors (Lipinski definition) is 2. The third-order valence-electron chi connectivity index (χ3n) is 4.24. The van der Waals surface area contributed by atoms with Gasteiger partial charge in [0.1, 0.15) is 0 Å². The van der Waals surface area contributed by atoms with Gasteiger partial charge in [-0.1, -0.05) is 54.6 Å². The second-order valence-corrected chi connectivity index (χ2v) is 5.85. The summed E-state index contributed by atoms with van der Waals surface area (Å²) in [6, 6.07) is 23.1. The van der Waals surface area contributed by atoms with Crippen molar-refractivity contribution in [3.63, 3.8) is 0 Å². The van der Waals surface area contributed by atoms with Crippen LogP contribution < -0.4 is 5.32 Å². The number of rotatable bonds is 5. The van der Waals surface area contributed by atoms with Gasteiger partial charge in [0.05, 0.1) is 11.7 Å². The van der Waals surface area contributed by atoms with Crippen LogP contribution in [0.1, 0.15) is 34.0 Å². The first-order valence-corrected chi connectivity index (χ1v) is 8.00. The van der Waals surface area contributed by atoms with Crippen molar-refractivity contribution < 1.29 is 0 Å². The van der Waals surface area contributed by atoms with Crippen LogP contribution in [-0.4, -0.2) is 4.98 Å². The second-order valence-electron chi connectivity index (χ2n) is 5.85. The average Bonchev–Trinajstić information content (AvgIpc) is 2.59. The van der Waals surface area contributed by atoms with Crippen molar-refractivity contribution in [2.75, 3.05) is 0 Å². The molecule has 3 aromatic rings. The van der Waals surface area contributed by atoms with E-state index in [1.54, 1.807) is 0 Å². The van der Waals surface area contributed by atoms with Gasteiger partial charge in [-0.15, -0.1) is 0 Å². The molecule has 0 radical (unpaired) electrons. The molecule has 1 atom stereocenters. The number of pyridine rings is 1. The van der Waals surface area contributed by atoms with Crippen LogP contribution in [0, 0.1) is 13.8 Å². The molecule has 0 saturated carbocycles. The zero-order valence-electron chi connectivity index (χ0n) is 13.7. The zero-order valence-corrected chi connectivity index (χ0v) is 13.7. The summed E-state index contributed by atoms with van der Waals surface area (Å²) in [5, 5.41) is 3.69. The number of nitrogens with one attached hydrogen (secondary N) is 1. The predicted octanol–water partition coefficient (Wildman–Crippen LogP) is 4.58. The molecule has 3 rings (SSSR count). The highest BCUT2D eigenvalue weighted by Gasteiger charge is 2.15. The molecular weight excluding hydrogens is 280 g/mol.